The summed E-state index contributed by atoms with van der Waals surface area (Å²) in [5.41, 5.74) is -0.0590. The van der Waals surface area contributed by atoms with Crippen molar-refractivity contribution in [1.82, 2.24) is 20.3 Å². The van der Waals surface area contributed by atoms with Crippen LogP contribution in [0.4, 0.5) is 0 Å². The zero-order valence-electron chi connectivity index (χ0n) is 42.3. The summed E-state index contributed by atoms with van der Waals surface area (Å²) in [6.45, 7) is 33.7. The second kappa shape index (κ2) is 19.1. The van der Waals surface area contributed by atoms with Crippen molar-refractivity contribution in [3.05, 3.63) is 36.4 Å². The van der Waals surface area contributed by atoms with Crippen LogP contribution in [0.2, 0.25) is 0 Å². The molecule has 12 heteroatoms. The predicted octanol–water partition coefficient (Wildman–Crippen LogP) is 11.5. The summed E-state index contributed by atoms with van der Waals surface area (Å²) in [6.07, 6.45) is 4.65. The number of ether oxygens (including phenoxy) is 4. The van der Waals surface area contributed by atoms with Crippen LogP contribution in [-0.2, 0) is 0 Å². The summed E-state index contributed by atoms with van der Waals surface area (Å²) in [5.74, 6) is 3.54. The van der Waals surface area contributed by atoms with Gasteiger partial charge in [0.2, 0.25) is 0 Å². The lowest BCUT2D eigenvalue weighted by Crippen LogP contribution is -2.58. The topological polar surface area (TPSA) is 131 Å². The number of hydrogen-bond acceptors (Lipinski definition) is 12. The Balaban J connectivity index is 1.40. The number of piperidine rings is 4. The molecule has 4 fully saturated rings. The van der Waals surface area contributed by atoms with Gasteiger partial charge in [0.15, 0.2) is 23.0 Å². The van der Waals surface area contributed by atoms with Gasteiger partial charge < -0.3 is 39.8 Å². The van der Waals surface area contributed by atoms with Gasteiger partial charge in [0.05, 0.1) is 0 Å². The highest BCUT2D eigenvalue weighted by molar-refractivity contribution is 5.70. The van der Waals surface area contributed by atoms with E-state index in [1.165, 1.54) is 20.3 Å². The Morgan fingerprint density at radius 2 is 0.609 bits per heavy atom. The third-order valence-corrected chi connectivity index (χ3v) is 15.1. The van der Waals surface area contributed by atoms with Gasteiger partial charge in [-0.1, -0.05) is 67.5 Å². The summed E-state index contributed by atoms with van der Waals surface area (Å²) in [4.78, 5) is 0. The molecule has 4 heterocycles. The van der Waals surface area contributed by atoms with Gasteiger partial charge in [0.1, 0.15) is 24.4 Å². The van der Waals surface area contributed by atoms with Gasteiger partial charge in [-0.2, -0.15) is 20.3 Å². The highest BCUT2D eigenvalue weighted by Crippen LogP contribution is 2.45. The Labute approximate surface area is 386 Å². The molecule has 0 aliphatic carbocycles. The van der Waals surface area contributed by atoms with Gasteiger partial charge in [0.25, 0.3) is 0 Å². The van der Waals surface area contributed by atoms with E-state index < -0.39 is 22.2 Å². The molecule has 2 aromatic carbocycles. The van der Waals surface area contributed by atoms with E-state index in [1.807, 2.05) is 12.1 Å². The molecule has 0 aromatic heterocycles. The van der Waals surface area contributed by atoms with Crippen LogP contribution in [0.15, 0.2) is 36.4 Å². The molecule has 8 unspecified atom stereocenters. The van der Waals surface area contributed by atoms with Gasteiger partial charge in [-0.3, -0.25) is 0 Å². The fourth-order valence-corrected chi connectivity index (χ4v) is 11.3. The molecule has 12 nitrogen and oxygen atoms in total. The molecule has 4 aliphatic heterocycles. The first-order valence-corrected chi connectivity index (χ1v) is 24.5. The maximum Gasteiger partial charge on any atom is 0.162 e. The zero-order chi connectivity index (χ0) is 47.4. The van der Waals surface area contributed by atoms with Crippen molar-refractivity contribution in [2.75, 3.05) is 0 Å². The molecule has 2 aromatic rings. The van der Waals surface area contributed by atoms with Crippen molar-refractivity contribution in [3.8, 4) is 34.1 Å². The maximum absolute atomic E-state index is 11.3. The van der Waals surface area contributed by atoms with Gasteiger partial charge in [-0.05, 0) is 114 Å². The summed E-state index contributed by atoms with van der Waals surface area (Å²) >= 11 is 0. The third kappa shape index (κ3) is 11.0. The molecule has 6 rings (SSSR count). The van der Waals surface area contributed by atoms with Crippen LogP contribution < -0.4 is 18.9 Å². The highest BCUT2D eigenvalue weighted by Gasteiger charge is 2.47. The van der Waals surface area contributed by atoms with Crippen molar-refractivity contribution in [3.63, 3.8) is 0 Å². The van der Waals surface area contributed by atoms with E-state index in [2.05, 4.69) is 135 Å². The number of benzene rings is 2. The van der Waals surface area contributed by atoms with Crippen LogP contribution in [0.5, 0.6) is 23.0 Å². The van der Waals surface area contributed by atoms with Crippen molar-refractivity contribution in [2.24, 2.45) is 23.7 Å². The smallest absolute Gasteiger partial charge is 0.162 e. The summed E-state index contributed by atoms with van der Waals surface area (Å²) < 4.78 is 28.0. The van der Waals surface area contributed by atoms with Crippen molar-refractivity contribution >= 4 is 0 Å². The molecule has 0 radical (unpaired) electrons. The minimum atomic E-state index is -0.492. The second-order valence-corrected chi connectivity index (χ2v) is 23.9. The van der Waals surface area contributed by atoms with Crippen LogP contribution in [-0.4, -0.2) is 112 Å². The van der Waals surface area contributed by atoms with Crippen molar-refractivity contribution in [2.45, 2.75) is 233 Å². The Hall–Kier alpha value is -2.68. The van der Waals surface area contributed by atoms with E-state index >= 15 is 0 Å². The monoisotopic (exact) mass is 895 g/mol. The van der Waals surface area contributed by atoms with Crippen LogP contribution in [0.25, 0.3) is 11.1 Å². The van der Waals surface area contributed by atoms with Gasteiger partial charge in [-0.25, -0.2) is 0 Å². The van der Waals surface area contributed by atoms with E-state index in [0.29, 0.717) is 74.4 Å². The maximum atomic E-state index is 11.3. The molecular weight excluding hydrogens is 809 g/mol. The Bertz CT molecular complexity index is 1750. The number of rotatable bonds is 13. The fraction of sp³-hybridized carbons (Fsp3) is 0.769. The summed E-state index contributed by atoms with van der Waals surface area (Å²) in [7, 11) is 0. The first-order valence-electron chi connectivity index (χ1n) is 24.5. The first-order chi connectivity index (χ1) is 29.6. The van der Waals surface area contributed by atoms with Gasteiger partial charge >= 0.3 is 0 Å². The quantitative estimate of drug-likeness (QED) is 0.153. The lowest BCUT2D eigenvalue weighted by Gasteiger charge is -2.48. The summed E-state index contributed by atoms with van der Waals surface area (Å²) in [6, 6.07) is 12.1. The Morgan fingerprint density at radius 3 is 0.828 bits per heavy atom. The van der Waals surface area contributed by atoms with E-state index in [-0.39, 0.29) is 72.3 Å². The molecule has 0 saturated carbocycles. The molecule has 8 atom stereocenters. The lowest BCUT2D eigenvalue weighted by atomic mass is 9.82. The average Bonchev–Trinajstić information content (AvgIpc) is 3.17. The standard InChI is InChI=1S/C52H86N4O8/c1-31(2)41-23-37(27-49(9,10)53(41)57)61-45-19-17-35(21-47(45)63-39-25-43(33(5)6)55(59)51(13,14)29-39)36-18-20-46(62-38-24-42(32(3)4)54(58)50(11,12)28-38)48(22-36)64-40-26-44(34(7)8)56(60)52(15,16)30-40/h17-22,31-34,37-44,57-60H,23-30H2,1-16H3. The largest absolute Gasteiger partial charge is 0.486 e. The van der Waals surface area contributed by atoms with Crippen molar-refractivity contribution in [1.29, 1.82) is 0 Å². The lowest BCUT2D eigenvalue weighted by molar-refractivity contribution is -0.234. The van der Waals surface area contributed by atoms with Crippen LogP contribution in [0.1, 0.15) is 162 Å². The summed E-state index contributed by atoms with van der Waals surface area (Å²) in [5, 5.41) is 51.0. The molecule has 362 valence electrons. The fourth-order valence-electron chi connectivity index (χ4n) is 11.3. The van der Waals surface area contributed by atoms with Crippen LogP contribution in [0.3, 0.4) is 0 Å². The highest BCUT2D eigenvalue weighted by atomic mass is 16.6. The SMILES string of the molecule is CC(C)C1CC(Oc2ccc(-c3ccc(OC4CC(C(C)C)N(O)C(C)(C)C4)c(OC4CC(C(C)C)N(O)C(C)(C)C4)c3)cc2OC2CC(C(C)C)N(O)C(C)(C)C2)CC(C)(C)N1O. The molecule has 64 heavy (non-hydrogen) atoms. The number of hydroxylamine groups is 8. The van der Waals surface area contributed by atoms with Gasteiger partial charge in [-0.15, -0.1) is 0 Å². The molecule has 0 amide bonds. The number of hydrogen-bond donors (Lipinski definition) is 4. The van der Waals surface area contributed by atoms with Crippen LogP contribution in [0, 0.1) is 23.7 Å². The normalized spacial score (nSPS) is 31.4. The Morgan fingerprint density at radius 1 is 0.391 bits per heavy atom. The van der Waals surface area contributed by atoms with Gasteiger partial charge in [0, 0.05) is 97.7 Å². The molecule has 4 N–H and O–H groups in total. The average molecular weight is 895 g/mol. The molecule has 4 aliphatic rings. The zero-order valence-corrected chi connectivity index (χ0v) is 42.3. The van der Waals surface area contributed by atoms with E-state index in [9.17, 15) is 20.8 Å². The van der Waals surface area contributed by atoms with Crippen LogP contribution >= 0.6 is 0 Å². The number of nitrogens with zero attached hydrogens (tertiary/aromatic N) is 4. The molecular formula is C52H86N4O8. The van der Waals surface area contributed by atoms with E-state index in [0.717, 1.165) is 11.1 Å². The molecule has 0 spiro atoms. The Kier molecular flexibility index (Phi) is 15.2. The first kappa shape index (κ1) is 50.7. The minimum Gasteiger partial charge on any atom is -0.486 e. The third-order valence-electron chi connectivity index (χ3n) is 15.1. The second-order valence-electron chi connectivity index (χ2n) is 23.9. The van der Waals surface area contributed by atoms with E-state index in [4.69, 9.17) is 18.9 Å². The molecule has 4 saturated heterocycles. The van der Waals surface area contributed by atoms with Crippen molar-refractivity contribution < 1.29 is 39.8 Å². The molecule has 0 bridgehead atoms. The minimum absolute atomic E-state index is 0.0532. The van der Waals surface area contributed by atoms with E-state index in [1.54, 1.807) is 0 Å². The predicted molar refractivity (Wildman–Crippen MR) is 252 cm³/mol.